The van der Waals surface area contributed by atoms with E-state index in [2.05, 4.69) is 19.2 Å². The van der Waals surface area contributed by atoms with Crippen molar-refractivity contribution in [1.82, 2.24) is 5.32 Å². The Morgan fingerprint density at radius 3 is 2.58 bits per heavy atom. The van der Waals surface area contributed by atoms with Gasteiger partial charge in [0.2, 0.25) is 0 Å². The highest BCUT2D eigenvalue weighted by molar-refractivity contribution is 5.98. The quantitative estimate of drug-likeness (QED) is 0.847. The van der Waals surface area contributed by atoms with Crippen LogP contribution < -0.4 is 10.1 Å². The fourth-order valence-corrected chi connectivity index (χ4v) is 2.66. The lowest BCUT2D eigenvalue weighted by Gasteiger charge is -2.22. The van der Waals surface area contributed by atoms with Crippen LogP contribution in [0.15, 0.2) is 18.2 Å². The third-order valence-corrected chi connectivity index (χ3v) is 3.85. The first kappa shape index (κ1) is 14.1. The zero-order chi connectivity index (χ0) is 13.8. The van der Waals surface area contributed by atoms with Crippen molar-refractivity contribution >= 4 is 5.78 Å². The summed E-state index contributed by atoms with van der Waals surface area (Å²) < 4.78 is 5.37. The van der Waals surface area contributed by atoms with Crippen molar-refractivity contribution in [1.29, 1.82) is 0 Å². The summed E-state index contributed by atoms with van der Waals surface area (Å²) in [5.41, 5.74) is 1.94. The average molecular weight is 261 g/mol. The maximum atomic E-state index is 12.5. The van der Waals surface area contributed by atoms with Gasteiger partial charge in [0.05, 0.1) is 7.11 Å². The molecule has 1 heterocycles. The van der Waals surface area contributed by atoms with E-state index in [1.54, 1.807) is 7.11 Å². The van der Waals surface area contributed by atoms with Crippen LogP contribution in [0.5, 0.6) is 5.75 Å². The van der Waals surface area contributed by atoms with Crippen molar-refractivity contribution in [3.05, 3.63) is 29.3 Å². The summed E-state index contributed by atoms with van der Waals surface area (Å²) in [4.78, 5) is 12.5. The minimum Gasteiger partial charge on any atom is -0.496 e. The second-order valence-electron chi connectivity index (χ2n) is 5.50. The van der Waals surface area contributed by atoms with Gasteiger partial charge in [-0.15, -0.1) is 0 Å². The molecule has 0 saturated carbocycles. The number of benzene rings is 1. The number of carbonyl (C=O) groups excluding carboxylic acids is 1. The standard InChI is InChI=1S/C16H23NO2/c1-11(2)14-10-13(4-5-15(14)19-3)16(18)12-6-8-17-9-7-12/h4-5,10-12,17H,6-9H2,1-3H3. The van der Waals surface area contributed by atoms with Gasteiger partial charge in [-0.3, -0.25) is 4.79 Å². The highest BCUT2D eigenvalue weighted by atomic mass is 16.5. The van der Waals surface area contributed by atoms with Crippen molar-refractivity contribution in [2.24, 2.45) is 5.92 Å². The van der Waals surface area contributed by atoms with Crippen molar-refractivity contribution < 1.29 is 9.53 Å². The number of hydrogen-bond donors (Lipinski definition) is 1. The summed E-state index contributed by atoms with van der Waals surface area (Å²) in [5.74, 6) is 1.69. The number of ketones is 1. The molecule has 19 heavy (non-hydrogen) atoms. The molecule has 3 heteroatoms. The van der Waals surface area contributed by atoms with Crippen LogP contribution in [0.4, 0.5) is 0 Å². The van der Waals surface area contributed by atoms with E-state index in [1.165, 1.54) is 0 Å². The summed E-state index contributed by atoms with van der Waals surface area (Å²) in [7, 11) is 1.68. The van der Waals surface area contributed by atoms with E-state index in [0.717, 1.165) is 42.8 Å². The molecule has 1 fully saturated rings. The summed E-state index contributed by atoms with van der Waals surface area (Å²) in [6.07, 6.45) is 1.89. The van der Waals surface area contributed by atoms with Gasteiger partial charge in [-0.25, -0.2) is 0 Å². The Labute approximate surface area is 115 Å². The largest absolute Gasteiger partial charge is 0.496 e. The Morgan fingerprint density at radius 1 is 1.32 bits per heavy atom. The van der Waals surface area contributed by atoms with E-state index in [4.69, 9.17) is 4.74 Å². The Morgan fingerprint density at radius 2 is 2.00 bits per heavy atom. The number of ether oxygens (including phenoxy) is 1. The lowest BCUT2D eigenvalue weighted by Crippen LogP contribution is -2.31. The number of methoxy groups -OCH3 is 1. The molecule has 1 saturated heterocycles. The number of carbonyl (C=O) groups is 1. The molecule has 0 atom stereocenters. The second-order valence-corrected chi connectivity index (χ2v) is 5.50. The lowest BCUT2D eigenvalue weighted by molar-refractivity contribution is 0.0895. The van der Waals surface area contributed by atoms with Gasteiger partial charge >= 0.3 is 0 Å². The van der Waals surface area contributed by atoms with Gasteiger partial charge in [0, 0.05) is 11.5 Å². The van der Waals surface area contributed by atoms with Crippen LogP contribution in [0.25, 0.3) is 0 Å². The number of nitrogens with one attached hydrogen (secondary N) is 1. The van der Waals surface area contributed by atoms with E-state index in [-0.39, 0.29) is 11.7 Å². The molecule has 0 bridgehead atoms. The van der Waals surface area contributed by atoms with Crippen molar-refractivity contribution in [3.63, 3.8) is 0 Å². The molecule has 1 N–H and O–H groups in total. The van der Waals surface area contributed by atoms with Crippen LogP contribution >= 0.6 is 0 Å². The van der Waals surface area contributed by atoms with Gasteiger partial charge < -0.3 is 10.1 Å². The smallest absolute Gasteiger partial charge is 0.166 e. The molecule has 1 aromatic rings. The zero-order valence-corrected chi connectivity index (χ0v) is 12.0. The first-order valence-electron chi connectivity index (χ1n) is 7.06. The van der Waals surface area contributed by atoms with Crippen LogP contribution in [0.3, 0.4) is 0 Å². The fraction of sp³-hybridized carbons (Fsp3) is 0.562. The minimum absolute atomic E-state index is 0.176. The molecule has 1 aliphatic heterocycles. The van der Waals surface area contributed by atoms with Gasteiger partial charge in [-0.1, -0.05) is 13.8 Å². The van der Waals surface area contributed by atoms with Crippen molar-refractivity contribution in [2.45, 2.75) is 32.6 Å². The number of piperidine rings is 1. The Bertz CT molecular complexity index is 448. The van der Waals surface area contributed by atoms with E-state index < -0.39 is 0 Å². The Balaban J connectivity index is 2.24. The Hall–Kier alpha value is -1.35. The lowest BCUT2D eigenvalue weighted by atomic mass is 9.88. The van der Waals surface area contributed by atoms with Crippen molar-refractivity contribution in [2.75, 3.05) is 20.2 Å². The molecule has 104 valence electrons. The fourth-order valence-electron chi connectivity index (χ4n) is 2.66. The molecule has 0 unspecified atom stereocenters. The average Bonchev–Trinajstić information content (AvgIpc) is 2.46. The number of hydrogen-bond acceptors (Lipinski definition) is 3. The molecular weight excluding hydrogens is 238 g/mol. The third kappa shape index (κ3) is 3.16. The van der Waals surface area contributed by atoms with Crippen LogP contribution in [-0.2, 0) is 0 Å². The van der Waals surface area contributed by atoms with E-state index in [0.29, 0.717) is 5.92 Å². The second kappa shape index (κ2) is 6.20. The minimum atomic E-state index is 0.176. The molecule has 2 rings (SSSR count). The zero-order valence-electron chi connectivity index (χ0n) is 12.0. The van der Waals surface area contributed by atoms with Crippen LogP contribution in [0, 0.1) is 5.92 Å². The maximum Gasteiger partial charge on any atom is 0.166 e. The van der Waals surface area contributed by atoms with Crippen LogP contribution in [0.1, 0.15) is 48.5 Å². The van der Waals surface area contributed by atoms with Crippen molar-refractivity contribution in [3.8, 4) is 5.75 Å². The molecular formula is C16H23NO2. The van der Waals surface area contributed by atoms with E-state index in [9.17, 15) is 4.79 Å². The SMILES string of the molecule is COc1ccc(C(=O)C2CCNCC2)cc1C(C)C. The van der Waals surface area contributed by atoms with Gasteiger partial charge in [0.25, 0.3) is 0 Å². The molecule has 1 aromatic carbocycles. The Kier molecular flexibility index (Phi) is 4.59. The highest BCUT2D eigenvalue weighted by Crippen LogP contribution is 2.29. The van der Waals surface area contributed by atoms with E-state index >= 15 is 0 Å². The monoisotopic (exact) mass is 261 g/mol. The van der Waals surface area contributed by atoms with Crippen LogP contribution in [-0.4, -0.2) is 26.0 Å². The molecule has 0 spiro atoms. The first-order chi connectivity index (χ1) is 9.13. The van der Waals surface area contributed by atoms with Gasteiger partial charge in [0.15, 0.2) is 5.78 Å². The summed E-state index contributed by atoms with van der Waals surface area (Å²) >= 11 is 0. The predicted octanol–water partition coefficient (Wildman–Crippen LogP) is 3.00. The maximum absolute atomic E-state index is 12.5. The molecule has 0 aromatic heterocycles. The number of rotatable bonds is 4. The molecule has 0 radical (unpaired) electrons. The molecule has 0 aliphatic carbocycles. The highest BCUT2D eigenvalue weighted by Gasteiger charge is 2.23. The van der Waals surface area contributed by atoms with Gasteiger partial charge in [0.1, 0.15) is 5.75 Å². The third-order valence-electron chi connectivity index (χ3n) is 3.85. The first-order valence-corrected chi connectivity index (χ1v) is 7.06. The summed E-state index contributed by atoms with van der Waals surface area (Å²) in [5, 5.41) is 3.30. The van der Waals surface area contributed by atoms with Gasteiger partial charge in [-0.2, -0.15) is 0 Å². The van der Waals surface area contributed by atoms with E-state index in [1.807, 2.05) is 18.2 Å². The number of Topliss-reactive ketones (excluding diaryl/α,β-unsaturated/α-hetero) is 1. The molecule has 3 nitrogen and oxygen atoms in total. The topological polar surface area (TPSA) is 38.3 Å². The summed E-state index contributed by atoms with van der Waals surface area (Å²) in [6.45, 7) is 6.14. The van der Waals surface area contributed by atoms with Crippen LogP contribution in [0.2, 0.25) is 0 Å². The summed E-state index contributed by atoms with van der Waals surface area (Å²) in [6, 6.07) is 5.83. The van der Waals surface area contributed by atoms with Gasteiger partial charge in [-0.05, 0) is 55.6 Å². The normalized spacial score (nSPS) is 16.6. The molecule has 1 aliphatic rings. The predicted molar refractivity (Wildman–Crippen MR) is 77.0 cm³/mol. The molecule has 0 amide bonds.